The van der Waals surface area contributed by atoms with Crippen LogP contribution in [0.15, 0.2) is 23.7 Å². The van der Waals surface area contributed by atoms with Gasteiger partial charge in [0.05, 0.1) is 11.2 Å². The quantitative estimate of drug-likeness (QED) is 0.642. The second kappa shape index (κ2) is 5.41. The Morgan fingerprint density at radius 3 is 1.94 bits per heavy atom. The van der Waals surface area contributed by atoms with Crippen molar-refractivity contribution in [2.75, 3.05) is 0 Å². The van der Waals surface area contributed by atoms with Gasteiger partial charge in [-0.15, -0.1) is 0 Å². The summed E-state index contributed by atoms with van der Waals surface area (Å²) in [5.41, 5.74) is 0.702. The molecule has 0 aromatic rings. The van der Waals surface area contributed by atoms with Gasteiger partial charge in [-0.05, 0) is 46.0 Å². The van der Waals surface area contributed by atoms with Crippen LogP contribution in [0.1, 0.15) is 54.4 Å². The van der Waals surface area contributed by atoms with Crippen LogP contribution in [0, 0.1) is 0 Å². The van der Waals surface area contributed by atoms with Gasteiger partial charge in [0, 0.05) is 0 Å². The SMILES string of the molecule is CC.CC1(C)OB(C2=CCCC=C2)OC1(C)C. The average Bonchev–Trinajstić information content (AvgIpc) is 2.52. The van der Waals surface area contributed by atoms with Crippen molar-refractivity contribution >= 4 is 7.12 Å². The van der Waals surface area contributed by atoms with Crippen molar-refractivity contribution in [1.29, 1.82) is 0 Å². The molecule has 0 spiro atoms. The molecule has 1 aliphatic heterocycles. The van der Waals surface area contributed by atoms with Crippen LogP contribution in [0.25, 0.3) is 0 Å². The molecule has 1 saturated heterocycles. The van der Waals surface area contributed by atoms with E-state index >= 15 is 0 Å². The fraction of sp³-hybridized carbons (Fsp3) is 0.714. The predicted molar refractivity (Wildman–Crippen MR) is 73.9 cm³/mol. The van der Waals surface area contributed by atoms with Crippen LogP contribution < -0.4 is 0 Å². The van der Waals surface area contributed by atoms with E-state index in [-0.39, 0.29) is 18.3 Å². The molecule has 17 heavy (non-hydrogen) atoms. The van der Waals surface area contributed by atoms with Crippen LogP contribution in [-0.2, 0) is 9.31 Å². The van der Waals surface area contributed by atoms with Crippen molar-refractivity contribution < 1.29 is 9.31 Å². The Kier molecular flexibility index (Phi) is 4.62. The Morgan fingerprint density at radius 2 is 1.53 bits per heavy atom. The van der Waals surface area contributed by atoms with Crippen LogP contribution >= 0.6 is 0 Å². The molecule has 0 radical (unpaired) electrons. The third-order valence-corrected chi connectivity index (χ3v) is 3.55. The van der Waals surface area contributed by atoms with Gasteiger partial charge < -0.3 is 9.31 Å². The summed E-state index contributed by atoms with van der Waals surface area (Å²) in [5.74, 6) is 0. The molecule has 3 heteroatoms. The second-order valence-corrected chi connectivity index (χ2v) is 5.27. The number of rotatable bonds is 1. The zero-order valence-electron chi connectivity index (χ0n) is 12.0. The lowest BCUT2D eigenvalue weighted by Gasteiger charge is -2.32. The van der Waals surface area contributed by atoms with E-state index in [9.17, 15) is 0 Å². The third kappa shape index (κ3) is 3.02. The zero-order valence-corrected chi connectivity index (χ0v) is 12.0. The van der Waals surface area contributed by atoms with Crippen molar-refractivity contribution in [2.45, 2.75) is 65.6 Å². The van der Waals surface area contributed by atoms with E-state index in [4.69, 9.17) is 9.31 Å². The second-order valence-electron chi connectivity index (χ2n) is 5.27. The first kappa shape index (κ1) is 14.5. The molecule has 1 fully saturated rings. The first-order chi connectivity index (χ1) is 7.92. The van der Waals surface area contributed by atoms with E-state index in [1.165, 1.54) is 5.47 Å². The van der Waals surface area contributed by atoms with Gasteiger partial charge in [-0.2, -0.15) is 0 Å². The predicted octanol–water partition coefficient (Wildman–Crippen LogP) is 3.92. The minimum Gasteiger partial charge on any atom is -0.399 e. The van der Waals surface area contributed by atoms with E-state index in [0.29, 0.717) is 0 Å². The summed E-state index contributed by atoms with van der Waals surface area (Å²) in [7, 11) is -0.188. The molecule has 0 atom stereocenters. The van der Waals surface area contributed by atoms with E-state index < -0.39 is 0 Å². The fourth-order valence-electron chi connectivity index (χ4n) is 1.79. The smallest absolute Gasteiger partial charge is 0.399 e. The molecule has 96 valence electrons. The summed E-state index contributed by atoms with van der Waals surface area (Å²) < 4.78 is 11.9. The van der Waals surface area contributed by atoms with Gasteiger partial charge in [-0.1, -0.05) is 32.1 Å². The largest absolute Gasteiger partial charge is 0.494 e. The highest BCUT2D eigenvalue weighted by atomic mass is 16.7. The van der Waals surface area contributed by atoms with Crippen molar-refractivity contribution in [3.05, 3.63) is 23.7 Å². The Labute approximate surface area is 106 Å². The molecule has 0 amide bonds. The van der Waals surface area contributed by atoms with E-state index in [2.05, 4.69) is 45.9 Å². The average molecular weight is 236 g/mol. The molecule has 0 unspecified atom stereocenters. The monoisotopic (exact) mass is 236 g/mol. The summed E-state index contributed by atoms with van der Waals surface area (Å²) in [6, 6.07) is 0. The normalized spacial score (nSPS) is 25.1. The molecule has 0 aromatic carbocycles. The summed E-state index contributed by atoms with van der Waals surface area (Å²) in [5, 5.41) is 0. The van der Waals surface area contributed by atoms with Gasteiger partial charge in [-0.3, -0.25) is 0 Å². The maximum Gasteiger partial charge on any atom is 0.494 e. The standard InChI is InChI=1S/C12H19BO2.C2H6/c1-11(2)12(3,4)15-13(14-11)10-8-6-5-7-9-10;1-2/h6,8-9H,5,7H2,1-4H3;1-2H3. The lowest BCUT2D eigenvalue weighted by molar-refractivity contribution is 0.00578. The lowest BCUT2D eigenvalue weighted by atomic mass is 9.76. The maximum absolute atomic E-state index is 5.96. The zero-order chi connectivity index (χ0) is 13.1. The maximum atomic E-state index is 5.96. The van der Waals surface area contributed by atoms with Crippen molar-refractivity contribution in [3.63, 3.8) is 0 Å². The molecule has 1 aliphatic carbocycles. The van der Waals surface area contributed by atoms with Gasteiger partial charge in [0.15, 0.2) is 0 Å². The summed E-state index contributed by atoms with van der Waals surface area (Å²) in [6.45, 7) is 12.3. The molecule has 2 rings (SSSR count). The molecule has 0 bridgehead atoms. The van der Waals surface area contributed by atoms with Crippen LogP contribution in [0.5, 0.6) is 0 Å². The molecule has 2 aliphatic rings. The van der Waals surface area contributed by atoms with Gasteiger partial charge in [0.2, 0.25) is 0 Å². The topological polar surface area (TPSA) is 18.5 Å². The van der Waals surface area contributed by atoms with Crippen molar-refractivity contribution in [1.82, 2.24) is 0 Å². The highest BCUT2D eigenvalue weighted by molar-refractivity contribution is 6.55. The molecular weight excluding hydrogens is 211 g/mol. The molecule has 0 aromatic heterocycles. The molecule has 2 nitrogen and oxygen atoms in total. The van der Waals surface area contributed by atoms with Crippen LogP contribution in [0.2, 0.25) is 0 Å². The first-order valence-electron chi connectivity index (χ1n) is 6.65. The van der Waals surface area contributed by atoms with E-state index in [0.717, 1.165) is 12.8 Å². The number of hydrogen-bond donors (Lipinski definition) is 0. The molecule has 1 heterocycles. The van der Waals surface area contributed by atoms with Crippen molar-refractivity contribution in [2.24, 2.45) is 0 Å². The Bertz CT molecular complexity index is 300. The lowest BCUT2D eigenvalue weighted by Crippen LogP contribution is -2.41. The third-order valence-electron chi connectivity index (χ3n) is 3.55. The van der Waals surface area contributed by atoms with E-state index in [1.807, 2.05) is 13.8 Å². The minimum atomic E-state index is -0.232. The van der Waals surface area contributed by atoms with Crippen LogP contribution in [-0.4, -0.2) is 18.3 Å². The van der Waals surface area contributed by atoms with Gasteiger partial charge >= 0.3 is 7.12 Å². The van der Waals surface area contributed by atoms with Crippen LogP contribution in [0.4, 0.5) is 0 Å². The number of hydrogen-bond acceptors (Lipinski definition) is 2. The van der Waals surface area contributed by atoms with Crippen molar-refractivity contribution in [3.8, 4) is 0 Å². The minimum absolute atomic E-state index is 0.188. The molecule has 0 N–H and O–H groups in total. The van der Waals surface area contributed by atoms with E-state index in [1.54, 1.807) is 0 Å². The van der Waals surface area contributed by atoms with Gasteiger partial charge in [0.25, 0.3) is 0 Å². The Hall–Kier alpha value is -0.535. The molecular formula is C14H25BO2. The van der Waals surface area contributed by atoms with Crippen LogP contribution in [0.3, 0.4) is 0 Å². The Morgan fingerprint density at radius 1 is 1.00 bits per heavy atom. The van der Waals surface area contributed by atoms with Gasteiger partial charge in [-0.25, -0.2) is 0 Å². The summed E-state index contributed by atoms with van der Waals surface area (Å²) >= 11 is 0. The number of allylic oxidation sites excluding steroid dienone is 4. The first-order valence-corrected chi connectivity index (χ1v) is 6.65. The highest BCUT2D eigenvalue weighted by Gasteiger charge is 2.51. The summed E-state index contributed by atoms with van der Waals surface area (Å²) in [6.07, 6.45) is 8.73. The highest BCUT2D eigenvalue weighted by Crippen LogP contribution is 2.39. The van der Waals surface area contributed by atoms with Gasteiger partial charge in [0.1, 0.15) is 0 Å². The molecule has 0 saturated carbocycles. The Balaban J connectivity index is 0.000000686. The summed E-state index contributed by atoms with van der Waals surface area (Å²) in [4.78, 5) is 0. The fourth-order valence-corrected chi connectivity index (χ4v) is 1.79.